The molecule has 3 nitrogen and oxygen atoms in total. The van der Waals surface area contributed by atoms with E-state index in [9.17, 15) is 4.79 Å². The second kappa shape index (κ2) is 30.1. The number of unbranched alkanes of at least 4 members (excludes halogenated alkanes) is 19. The maximum Gasteiger partial charge on any atom is 0.306 e. The summed E-state index contributed by atoms with van der Waals surface area (Å²) < 4.78 is 5.88. The Kier molecular flexibility index (Phi) is 28.3. The summed E-state index contributed by atoms with van der Waals surface area (Å²) in [4.78, 5) is 15.1. The van der Waals surface area contributed by atoms with Gasteiger partial charge in [-0.05, 0) is 70.9 Å². The quantitative estimate of drug-likeness (QED) is 0.0581. The van der Waals surface area contributed by atoms with Gasteiger partial charge in [-0.3, -0.25) is 4.79 Å². The van der Waals surface area contributed by atoms with Crippen molar-refractivity contribution in [1.82, 2.24) is 4.90 Å². The molecule has 0 aliphatic carbocycles. The lowest BCUT2D eigenvalue weighted by atomic mass is 9.83. The molecule has 0 aromatic rings. The fourth-order valence-corrected chi connectivity index (χ4v) is 7.42. The highest BCUT2D eigenvalue weighted by Gasteiger charge is 2.26. The van der Waals surface area contributed by atoms with Crippen molar-refractivity contribution in [3.8, 4) is 0 Å². The number of esters is 1. The van der Waals surface area contributed by atoms with Gasteiger partial charge in [0.15, 0.2) is 0 Å². The molecular weight excluding hydrogens is 526 g/mol. The predicted octanol–water partition coefficient (Wildman–Crippen LogP) is 13.0. The van der Waals surface area contributed by atoms with E-state index in [0.29, 0.717) is 6.42 Å². The Hall–Kier alpha value is -0.570. The lowest BCUT2D eigenvalue weighted by molar-refractivity contribution is -0.150. The summed E-state index contributed by atoms with van der Waals surface area (Å²) >= 11 is 0. The fraction of sp³-hybridized carbons (Fsp3) is 0.975. The van der Waals surface area contributed by atoms with Gasteiger partial charge < -0.3 is 9.64 Å². The number of nitrogens with zero attached hydrogens (tertiary/aromatic N) is 1. The number of hydrogen-bond acceptors (Lipinski definition) is 3. The first-order chi connectivity index (χ1) is 21.1. The molecule has 3 heteroatoms. The lowest BCUT2D eigenvalue weighted by Crippen LogP contribution is -2.41. The first-order valence-corrected chi connectivity index (χ1v) is 20.0. The Bertz CT molecular complexity index is 593. The van der Waals surface area contributed by atoms with Crippen LogP contribution in [0, 0.1) is 5.92 Å². The van der Waals surface area contributed by atoms with E-state index in [1.54, 1.807) is 0 Å². The van der Waals surface area contributed by atoms with Gasteiger partial charge in [0.1, 0.15) is 6.10 Å². The van der Waals surface area contributed by atoms with Gasteiger partial charge in [-0.25, -0.2) is 0 Å². The van der Waals surface area contributed by atoms with Crippen LogP contribution in [-0.4, -0.2) is 36.6 Å². The molecule has 1 fully saturated rings. The van der Waals surface area contributed by atoms with Crippen molar-refractivity contribution in [3.05, 3.63) is 0 Å². The lowest BCUT2D eigenvalue weighted by Gasteiger charge is -2.38. The van der Waals surface area contributed by atoms with E-state index < -0.39 is 0 Å². The molecule has 1 heterocycles. The Balaban J connectivity index is 2.08. The number of ether oxygens (including phenoxy) is 1. The third-order valence-corrected chi connectivity index (χ3v) is 10.3. The van der Waals surface area contributed by atoms with E-state index in [4.69, 9.17) is 4.74 Å². The summed E-state index contributed by atoms with van der Waals surface area (Å²) in [6, 6.07) is 0.855. The molecule has 0 bridgehead atoms. The highest BCUT2D eigenvalue weighted by Crippen LogP contribution is 2.30. The molecule has 1 saturated heterocycles. The van der Waals surface area contributed by atoms with Gasteiger partial charge in [0.25, 0.3) is 0 Å². The van der Waals surface area contributed by atoms with Crippen LogP contribution < -0.4 is 0 Å². The molecule has 0 N–H and O–H groups in total. The van der Waals surface area contributed by atoms with Gasteiger partial charge in [-0.1, -0.05) is 162 Å². The highest BCUT2D eigenvalue weighted by atomic mass is 16.5. The second-order valence-electron chi connectivity index (χ2n) is 14.4. The van der Waals surface area contributed by atoms with Crippen LogP contribution in [0.5, 0.6) is 0 Å². The molecule has 1 aliphatic rings. The molecule has 0 aromatic carbocycles. The normalized spacial score (nSPS) is 17.3. The van der Waals surface area contributed by atoms with Gasteiger partial charge in [0.05, 0.1) is 0 Å². The average Bonchev–Trinajstić information content (AvgIpc) is 3.01. The first-order valence-electron chi connectivity index (χ1n) is 20.0. The number of carbonyl (C=O) groups is 1. The largest absolute Gasteiger partial charge is 0.462 e. The van der Waals surface area contributed by atoms with Crippen molar-refractivity contribution >= 4 is 5.97 Å². The van der Waals surface area contributed by atoms with Gasteiger partial charge in [-0.15, -0.1) is 0 Å². The van der Waals surface area contributed by atoms with Crippen LogP contribution in [0.2, 0.25) is 0 Å². The molecule has 256 valence electrons. The molecule has 3 unspecified atom stereocenters. The monoisotopic (exact) mass is 606 g/mol. The minimum absolute atomic E-state index is 0.0522. The molecule has 0 aromatic heterocycles. The highest BCUT2D eigenvalue weighted by molar-refractivity contribution is 5.69. The third-order valence-electron chi connectivity index (χ3n) is 10.3. The zero-order valence-electron chi connectivity index (χ0n) is 30.1. The maximum atomic E-state index is 12.4. The summed E-state index contributed by atoms with van der Waals surface area (Å²) in [7, 11) is 2.40. The zero-order chi connectivity index (χ0) is 31.2. The van der Waals surface area contributed by atoms with E-state index in [1.807, 2.05) is 0 Å². The Morgan fingerprint density at radius 3 is 1.56 bits per heavy atom. The first kappa shape index (κ1) is 40.5. The van der Waals surface area contributed by atoms with Crippen molar-refractivity contribution in [2.75, 3.05) is 13.6 Å². The molecule has 0 saturated carbocycles. The van der Waals surface area contributed by atoms with E-state index >= 15 is 0 Å². The predicted molar refractivity (Wildman–Crippen MR) is 190 cm³/mol. The molecule has 3 atom stereocenters. The van der Waals surface area contributed by atoms with Crippen LogP contribution in [0.25, 0.3) is 0 Å². The maximum absolute atomic E-state index is 12.4. The topological polar surface area (TPSA) is 29.5 Å². The van der Waals surface area contributed by atoms with Crippen LogP contribution in [0.15, 0.2) is 0 Å². The van der Waals surface area contributed by atoms with Gasteiger partial charge >= 0.3 is 5.97 Å². The molecule has 0 radical (unpaired) electrons. The summed E-state index contributed by atoms with van der Waals surface area (Å²) in [6.07, 6.45) is 40.8. The second-order valence-corrected chi connectivity index (χ2v) is 14.4. The molecule has 0 spiro atoms. The van der Waals surface area contributed by atoms with E-state index in [-0.39, 0.29) is 12.1 Å². The summed E-state index contributed by atoms with van der Waals surface area (Å²) in [5.41, 5.74) is 0. The summed E-state index contributed by atoms with van der Waals surface area (Å²) in [5, 5.41) is 0. The zero-order valence-corrected chi connectivity index (χ0v) is 30.1. The van der Waals surface area contributed by atoms with E-state index in [2.05, 4.69) is 32.7 Å². The van der Waals surface area contributed by atoms with E-state index in [0.717, 1.165) is 31.2 Å². The van der Waals surface area contributed by atoms with Crippen LogP contribution >= 0.6 is 0 Å². The van der Waals surface area contributed by atoms with Crippen LogP contribution in [0.1, 0.15) is 220 Å². The minimum atomic E-state index is 0.0522. The van der Waals surface area contributed by atoms with Crippen LogP contribution in [-0.2, 0) is 9.53 Å². The fourth-order valence-electron chi connectivity index (χ4n) is 7.42. The standard InChI is InChI=1S/C40H79NO2/c1-5-8-11-13-18-21-24-30-37(39-34-28-29-36-41(39)4)31-25-22-19-16-14-15-17-20-23-27-35-40(42)43-38(32-10-7-3)33-26-12-9-6-2/h37-39H,5-36H2,1-4H3. The van der Waals surface area contributed by atoms with E-state index in [1.165, 1.54) is 180 Å². The van der Waals surface area contributed by atoms with Crippen molar-refractivity contribution in [3.63, 3.8) is 0 Å². The molecule has 43 heavy (non-hydrogen) atoms. The number of likely N-dealkylation sites (tertiary alicyclic amines) is 1. The molecule has 1 rings (SSSR count). The number of piperidine rings is 1. The molecule has 1 aliphatic heterocycles. The minimum Gasteiger partial charge on any atom is -0.462 e. The SMILES string of the molecule is CCCCCCCCCC(CCCCCCCCCCCCC(=O)OC(CCCC)CCCCCC)C1CCCCN1C. The smallest absolute Gasteiger partial charge is 0.306 e. The Morgan fingerprint density at radius 1 is 0.581 bits per heavy atom. The average molecular weight is 606 g/mol. The van der Waals surface area contributed by atoms with Gasteiger partial charge in [-0.2, -0.15) is 0 Å². The number of carbonyl (C=O) groups excluding carboxylic acids is 1. The Labute approximate surface area is 271 Å². The summed E-state index contributed by atoms with van der Waals surface area (Å²) in [6.45, 7) is 8.11. The van der Waals surface area contributed by atoms with Gasteiger partial charge in [0.2, 0.25) is 0 Å². The third kappa shape index (κ3) is 23.4. The van der Waals surface area contributed by atoms with Crippen LogP contribution in [0.3, 0.4) is 0 Å². The van der Waals surface area contributed by atoms with Crippen molar-refractivity contribution in [1.29, 1.82) is 0 Å². The Morgan fingerprint density at radius 2 is 1.02 bits per heavy atom. The molecular formula is C40H79NO2. The van der Waals surface area contributed by atoms with Crippen molar-refractivity contribution < 1.29 is 9.53 Å². The molecule has 0 amide bonds. The van der Waals surface area contributed by atoms with Gasteiger partial charge in [0, 0.05) is 12.5 Å². The number of hydrogen-bond donors (Lipinski definition) is 0. The van der Waals surface area contributed by atoms with Crippen molar-refractivity contribution in [2.24, 2.45) is 5.92 Å². The summed E-state index contributed by atoms with van der Waals surface area (Å²) in [5.74, 6) is 0.989. The van der Waals surface area contributed by atoms with Crippen molar-refractivity contribution in [2.45, 2.75) is 232 Å². The van der Waals surface area contributed by atoms with Crippen LogP contribution in [0.4, 0.5) is 0 Å². The number of rotatable bonds is 31.